The van der Waals surface area contributed by atoms with E-state index in [4.69, 9.17) is 13.8 Å². The topological polar surface area (TPSA) is 62.7 Å². The van der Waals surface area contributed by atoms with Gasteiger partial charge < -0.3 is 14.2 Å². The van der Waals surface area contributed by atoms with Crippen LogP contribution in [0.5, 0.6) is 0 Å². The molecule has 0 bridgehead atoms. The van der Waals surface area contributed by atoms with Gasteiger partial charge in [0, 0.05) is 27.1 Å². The Morgan fingerprint density at radius 2 is 0.956 bits per heavy atom. The van der Waals surface area contributed by atoms with Crippen molar-refractivity contribution in [2.45, 2.75) is 12.3 Å². The molecule has 3 heterocycles. The third-order valence-electron chi connectivity index (χ3n) is 14.0. The van der Waals surface area contributed by atoms with E-state index in [1.165, 1.54) is 32.7 Å². The fourth-order valence-corrected chi connectivity index (χ4v) is 10.7. The summed E-state index contributed by atoms with van der Waals surface area (Å²) in [5, 5.41) is 19.4. The minimum absolute atomic E-state index is 0.253. The Hall–Kier alpha value is -8.77. The molecule has 1 aliphatic rings. The second-order valence-corrected chi connectivity index (χ2v) is 17.9. The van der Waals surface area contributed by atoms with Gasteiger partial charge in [-0.05, 0) is 113 Å². The van der Waals surface area contributed by atoms with Crippen LogP contribution in [0.1, 0.15) is 29.0 Å². The van der Waals surface area contributed by atoms with Crippen LogP contribution in [0.3, 0.4) is 0 Å². The average molecular weight is 872 g/mol. The number of aliphatic imine (C=N–C) groups is 1. The van der Waals surface area contributed by atoms with Gasteiger partial charge in [0.2, 0.25) is 0 Å². The maximum absolute atomic E-state index is 6.72. The van der Waals surface area contributed by atoms with Gasteiger partial charge in [0.05, 0.1) is 0 Å². The van der Waals surface area contributed by atoms with Gasteiger partial charge in [0.25, 0.3) is 0 Å². The minimum Gasteiger partial charge on any atom is -0.456 e. The summed E-state index contributed by atoms with van der Waals surface area (Å²) >= 11 is 0. The van der Waals surface area contributed by atoms with Crippen LogP contribution in [-0.2, 0) is 0 Å². The van der Waals surface area contributed by atoms with E-state index in [1.54, 1.807) is 0 Å². The summed E-state index contributed by atoms with van der Waals surface area (Å²) in [6.45, 7) is 0. The average Bonchev–Trinajstić information content (AvgIpc) is 3.99. The Morgan fingerprint density at radius 1 is 0.353 bits per heavy atom. The number of benzene rings is 11. The van der Waals surface area contributed by atoms with Gasteiger partial charge in [-0.3, -0.25) is 5.32 Å². The Morgan fingerprint density at radius 3 is 1.81 bits per heavy atom. The molecule has 0 fully saturated rings. The summed E-state index contributed by atoms with van der Waals surface area (Å²) < 4.78 is 13.0. The SMILES string of the molecule is c1ccc2cc(C3=NC(c4ccc(-c5cccc6ccccc56)cc4)NC(c4ccc(-c5cccc6oc7cc(-c8cccc9oc%10ccccc%10c89)ccc7c56)c5ccccc45)N3)ccc2c1. The molecule has 68 heavy (non-hydrogen) atoms. The molecule has 0 saturated heterocycles. The molecule has 13 aromatic rings. The predicted octanol–water partition coefficient (Wildman–Crippen LogP) is 16.3. The van der Waals surface area contributed by atoms with E-state index in [1.807, 2.05) is 18.2 Å². The fourth-order valence-electron chi connectivity index (χ4n) is 10.7. The van der Waals surface area contributed by atoms with Crippen LogP contribution in [0.15, 0.2) is 238 Å². The molecule has 1 aliphatic heterocycles. The molecule has 2 atom stereocenters. The molecule has 2 aromatic heterocycles. The molecular weight excluding hydrogens is 831 g/mol. The molecule has 2 unspecified atom stereocenters. The summed E-state index contributed by atoms with van der Waals surface area (Å²) in [5.41, 5.74) is 13.6. The molecule has 320 valence electrons. The van der Waals surface area contributed by atoms with Crippen LogP contribution in [0.2, 0.25) is 0 Å². The van der Waals surface area contributed by atoms with Crippen LogP contribution in [0.4, 0.5) is 0 Å². The molecule has 5 nitrogen and oxygen atoms in total. The van der Waals surface area contributed by atoms with E-state index in [0.717, 1.165) is 99.4 Å². The lowest BCUT2D eigenvalue weighted by Gasteiger charge is -2.33. The zero-order valence-corrected chi connectivity index (χ0v) is 36.8. The Kier molecular flexibility index (Phi) is 8.73. The molecule has 2 N–H and O–H groups in total. The summed E-state index contributed by atoms with van der Waals surface area (Å²) in [4.78, 5) is 5.39. The lowest BCUT2D eigenvalue weighted by molar-refractivity contribution is 0.411. The highest BCUT2D eigenvalue weighted by Crippen LogP contribution is 2.44. The number of nitrogens with one attached hydrogen (secondary N) is 2. The minimum atomic E-state index is -0.308. The Labute approximate surface area is 391 Å². The van der Waals surface area contributed by atoms with Crippen LogP contribution in [0, 0.1) is 0 Å². The summed E-state index contributed by atoms with van der Waals surface area (Å²) in [5.74, 6) is 0.849. The zero-order chi connectivity index (χ0) is 44.7. The van der Waals surface area contributed by atoms with E-state index in [2.05, 4.69) is 217 Å². The van der Waals surface area contributed by atoms with Crippen molar-refractivity contribution in [1.82, 2.24) is 10.6 Å². The molecule has 11 aromatic carbocycles. The highest BCUT2D eigenvalue weighted by molar-refractivity contribution is 6.17. The van der Waals surface area contributed by atoms with Crippen molar-refractivity contribution in [3.05, 3.63) is 241 Å². The van der Waals surface area contributed by atoms with Crippen molar-refractivity contribution in [2.24, 2.45) is 4.99 Å². The number of rotatable bonds is 6. The summed E-state index contributed by atoms with van der Waals surface area (Å²) in [7, 11) is 0. The molecule has 0 amide bonds. The lowest BCUT2D eigenvalue weighted by Crippen LogP contribution is -2.45. The van der Waals surface area contributed by atoms with Crippen molar-refractivity contribution >= 4 is 82.0 Å². The summed E-state index contributed by atoms with van der Waals surface area (Å²) in [6, 6.07) is 80.0. The first-order valence-corrected chi connectivity index (χ1v) is 23.2. The van der Waals surface area contributed by atoms with E-state index < -0.39 is 0 Å². The van der Waals surface area contributed by atoms with Gasteiger partial charge in [-0.25, -0.2) is 4.99 Å². The van der Waals surface area contributed by atoms with Crippen LogP contribution >= 0.6 is 0 Å². The van der Waals surface area contributed by atoms with E-state index in [9.17, 15) is 0 Å². The highest BCUT2D eigenvalue weighted by atomic mass is 16.3. The van der Waals surface area contributed by atoms with Crippen molar-refractivity contribution < 1.29 is 8.83 Å². The zero-order valence-electron chi connectivity index (χ0n) is 36.8. The van der Waals surface area contributed by atoms with Crippen LogP contribution < -0.4 is 10.6 Å². The van der Waals surface area contributed by atoms with Gasteiger partial charge in [0.15, 0.2) is 0 Å². The lowest BCUT2D eigenvalue weighted by atomic mass is 9.91. The molecule has 5 heteroatoms. The third-order valence-corrected chi connectivity index (χ3v) is 14.0. The molecule has 0 radical (unpaired) electrons. The first kappa shape index (κ1) is 38.5. The fraction of sp³-hybridized carbons (Fsp3) is 0.0317. The quantitative estimate of drug-likeness (QED) is 0.175. The maximum Gasteiger partial charge on any atom is 0.136 e. The molecule has 0 saturated carbocycles. The molecular formula is C63H41N3O2. The van der Waals surface area contributed by atoms with E-state index in [-0.39, 0.29) is 12.3 Å². The van der Waals surface area contributed by atoms with Gasteiger partial charge in [-0.15, -0.1) is 0 Å². The van der Waals surface area contributed by atoms with E-state index in [0.29, 0.717) is 0 Å². The smallest absolute Gasteiger partial charge is 0.136 e. The van der Waals surface area contributed by atoms with E-state index >= 15 is 0 Å². The monoisotopic (exact) mass is 871 g/mol. The largest absolute Gasteiger partial charge is 0.456 e. The number of nitrogens with zero attached hydrogens (tertiary/aromatic N) is 1. The summed E-state index contributed by atoms with van der Waals surface area (Å²) in [6.07, 6.45) is -0.561. The van der Waals surface area contributed by atoms with Gasteiger partial charge >= 0.3 is 0 Å². The van der Waals surface area contributed by atoms with Crippen LogP contribution in [-0.4, -0.2) is 5.84 Å². The van der Waals surface area contributed by atoms with Crippen molar-refractivity contribution in [1.29, 1.82) is 0 Å². The second-order valence-electron chi connectivity index (χ2n) is 17.9. The number of amidine groups is 1. The van der Waals surface area contributed by atoms with Gasteiger partial charge in [-0.2, -0.15) is 0 Å². The van der Waals surface area contributed by atoms with Crippen LogP contribution in [0.25, 0.3) is 110 Å². The van der Waals surface area contributed by atoms with Crippen molar-refractivity contribution in [3.63, 3.8) is 0 Å². The standard InChI is InChI=1S/C63H41N3O2/c1-2-14-42-36-44(31-26-38(42)12-1)62-64-61(41-29-27-40(28-30-41)46-20-9-15-39-13-3-4-16-45(39)46)65-63(66-62)52-35-34-50(48-17-5-6-18-49(48)52)51-22-11-25-57-60(51)54-33-32-43(37-58(54)68-57)47-21-10-24-56-59(47)53-19-7-8-23-55(53)67-56/h1-37,61,63,65H,(H,64,66). The normalized spacial score (nSPS) is 15.2. The van der Waals surface area contributed by atoms with Crippen molar-refractivity contribution in [2.75, 3.05) is 0 Å². The highest BCUT2D eigenvalue weighted by Gasteiger charge is 2.28. The third kappa shape index (κ3) is 6.24. The van der Waals surface area contributed by atoms with Gasteiger partial charge in [-0.1, -0.05) is 188 Å². The molecule has 0 aliphatic carbocycles. The molecule has 0 spiro atoms. The van der Waals surface area contributed by atoms with Gasteiger partial charge in [0.1, 0.15) is 40.5 Å². The number of para-hydroxylation sites is 1. The first-order chi connectivity index (χ1) is 33.7. The number of fused-ring (bicyclic) bond motifs is 9. The number of hydrogen-bond acceptors (Lipinski definition) is 5. The second kappa shape index (κ2) is 15.4. The number of hydrogen-bond donors (Lipinski definition) is 2. The molecule has 14 rings (SSSR count). The maximum atomic E-state index is 6.72. The number of furan rings is 2. The predicted molar refractivity (Wildman–Crippen MR) is 281 cm³/mol. The first-order valence-electron chi connectivity index (χ1n) is 23.2. The Bertz CT molecular complexity index is 4170. The van der Waals surface area contributed by atoms with Crippen molar-refractivity contribution in [3.8, 4) is 33.4 Å². The Balaban J connectivity index is 0.864.